The normalized spacial score (nSPS) is 11.4. The molecule has 4 aromatic rings. The maximum Gasteiger partial charge on any atom is 0.282 e. The van der Waals surface area contributed by atoms with Crippen LogP contribution in [0.3, 0.4) is 0 Å². The number of para-hydroxylation sites is 1. The fourth-order valence-corrected chi connectivity index (χ4v) is 4.08. The van der Waals surface area contributed by atoms with E-state index < -0.39 is 0 Å². The molecule has 0 bridgehead atoms. The van der Waals surface area contributed by atoms with Crippen molar-refractivity contribution < 1.29 is 19.3 Å². The van der Waals surface area contributed by atoms with Gasteiger partial charge in [-0.1, -0.05) is 26.0 Å². The Morgan fingerprint density at radius 2 is 1.61 bits per heavy atom. The first kappa shape index (κ1) is 24.8. The average Bonchev–Trinajstić information content (AvgIpc) is 2.88. The van der Waals surface area contributed by atoms with Crippen LogP contribution in [0.2, 0.25) is 0 Å². The molecule has 0 saturated heterocycles. The zero-order valence-electron chi connectivity index (χ0n) is 21.2. The molecule has 8 heteroatoms. The standard InChI is InChI=1S/C28H29N3O5/c1-16(2)20-14-21(17(3)11-23(20)34-4)27-30-22-10-8-7-9-19(22)28(33)31(27)29-15-18-12-24(35-5)26(32)25(13-18)36-6/h7-16,32H,1-6H3. The maximum absolute atomic E-state index is 13.6. The Morgan fingerprint density at radius 3 is 2.22 bits per heavy atom. The third kappa shape index (κ3) is 4.49. The van der Waals surface area contributed by atoms with Crippen molar-refractivity contribution in [1.29, 1.82) is 0 Å². The van der Waals surface area contributed by atoms with Crippen LogP contribution in [0.1, 0.15) is 36.5 Å². The van der Waals surface area contributed by atoms with Gasteiger partial charge in [-0.05, 0) is 60.4 Å². The zero-order chi connectivity index (χ0) is 26.0. The van der Waals surface area contributed by atoms with Gasteiger partial charge in [-0.3, -0.25) is 4.79 Å². The molecule has 0 aliphatic carbocycles. The fourth-order valence-electron chi connectivity index (χ4n) is 4.08. The van der Waals surface area contributed by atoms with Crippen molar-refractivity contribution in [2.75, 3.05) is 21.3 Å². The molecule has 0 atom stereocenters. The van der Waals surface area contributed by atoms with Gasteiger partial charge >= 0.3 is 0 Å². The predicted molar refractivity (Wildman–Crippen MR) is 141 cm³/mol. The van der Waals surface area contributed by atoms with Crippen molar-refractivity contribution in [1.82, 2.24) is 9.66 Å². The average molecular weight is 488 g/mol. The first-order chi connectivity index (χ1) is 17.3. The van der Waals surface area contributed by atoms with Gasteiger partial charge in [-0.15, -0.1) is 0 Å². The van der Waals surface area contributed by atoms with Crippen LogP contribution in [0.25, 0.3) is 22.3 Å². The van der Waals surface area contributed by atoms with Crippen LogP contribution in [-0.4, -0.2) is 42.3 Å². The van der Waals surface area contributed by atoms with Gasteiger partial charge in [0.1, 0.15) is 5.75 Å². The molecule has 1 heterocycles. The van der Waals surface area contributed by atoms with E-state index in [1.54, 1.807) is 31.4 Å². The lowest BCUT2D eigenvalue weighted by atomic mass is 9.96. The number of hydrogen-bond donors (Lipinski definition) is 1. The van der Waals surface area contributed by atoms with Crippen molar-refractivity contribution in [2.45, 2.75) is 26.7 Å². The highest BCUT2D eigenvalue weighted by atomic mass is 16.5. The van der Waals surface area contributed by atoms with Crippen LogP contribution in [0.4, 0.5) is 0 Å². The summed E-state index contributed by atoms with van der Waals surface area (Å²) in [5, 5.41) is 15.2. The van der Waals surface area contributed by atoms with Crippen molar-refractivity contribution in [3.63, 3.8) is 0 Å². The number of phenols is 1. The van der Waals surface area contributed by atoms with E-state index in [4.69, 9.17) is 19.2 Å². The van der Waals surface area contributed by atoms with Crippen LogP contribution >= 0.6 is 0 Å². The largest absolute Gasteiger partial charge is 0.502 e. The van der Waals surface area contributed by atoms with E-state index in [9.17, 15) is 9.90 Å². The summed E-state index contributed by atoms with van der Waals surface area (Å²) in [4.78, 5) is 18.4. The highest BCUT2D eigenvalue weighted by molar-refractivity contribution is 5.84. The summed E-state index contributed by atoms with van der Waals surface area (Å²) in [6.45, 7) is 6.12. The second kappa shape index (κ2) is 10.1. The van der Waals surface area contributed by atoms with Gasteiger partial charge in [-0.25, -0.2) is 4.98 Å². The van der Waals surface area contributed by atoms with Crippen LogP contribution in [0, 0.1) is 6.92 Å². The monoisotopic (exact) mass is 487 g/mol. The minimum Gasteiger partial charge on any atom is -0.502 e. The third-order valence-corrected chi connectivity index (χ3v) is 6.02. The summed E-state index contributed by atoms with van der Waals surface area (Å²) in [5.74, 6) is 1.74. The molecule has 0 radical (unpaired) electrons. The summed E-state index contributed by atoms with van der Waals surface area (Å²) in [7, 11) is 4.54. The molecule has 1 aromatic heterocycles. The smallest absolute Gasteiger partial charge is 0.282 e. The Labute approximate surface area is 209 Å². The first-order valence-corrected chi connectivity index (χ1v) is 11.5. The van der Waals surface area contributed by atoms with Crippen LogP contribution in [-0.2, 0) is 0 Å². The number of nitrogens with zero attached hydrogens (tertiary/aromatic N) is 3. The van der Waals surface area contributed by atoms with Crippen molar-refractivity contribution in [2.24, 2.45) is 5.10 Å². The Kier molecular flexibility index (Phi) is 6.96. The van der Waals surface area contributed by atoms with E-state index in [2.05, 4.69) is 18.9 Å². The van der Waals surface area contributed by atoms with Crippen molar-refractivity contribution >= 4 is 17.1 Å². The van der Waals surface area contributed by atoms with E-state index in [0.717, 1.165) is 22.4 Å². The molecule has 0 amide bonds. The number of aromatic hydroxyl groups is 1. The minimum atomic E-state index is -0.300. The molecule has 36 heavy (non-hydrogen) atoms. The summed E-state index contributed by atoms with van der Waals surface area (Å²) >= 11 is 0. The summed E-state index contributed by atoms with van der Waals surface area (Å²) in [6.07, 6.45) is 1.51. The van der Waals surface area contributed by atoms with Crippen LogP contribution in [0.5, 0.6) is 23.0 Å². The molecule has 0 spiro atoms. The Balaban J connectivity index is 1.98. The number of phenolic OH excluding ortho intramolecular Hbond substituents is 1. The Morgan fingerprint density at radius 1 is 0.972 bits per heavy atom. The van der Waals surface area contributed by atoms with Gasteiger partial charge in [-0.2, -0.15) is 9.78 Å². The van der Waals surface area contributed by atoms with Crippen LogP contribution in [0.15, 0.2) is 58.4 Å². The molecule has 0 fully saturated rings. The van der Waals surface area contributed by atoms with Gasteiger partial charge in [0, 0.05) is 11.1 Å². The third-order valence-electron chi connectivity index (χ3n) is 6.02. The van der Waals surface area contributed by atoms with Gasteiger partial charge < -0.3 is 19.3 Å². The van der Waals surface area contributed by atoms with Gasteiger partial charge in [0.25, 0.3) is 5.56 Å². The number of fused-ring (bicyclic) bond motifs is 1. The molecule has 0 aliphatic heterocycles. The number of benzene rings is 3. The molecule has 186 valence electrons. The van der Waals surface area contributed by atoms with Gasteiger partial charge in [0.15, 0.2) is 17.3 Å². The number of rotatable bonds is 7. The molecule has 0 aliphatic rings. The van der Waals surface area contributed by atoms with E-state index in [-0.39, 0.29) is 28.7 Å². The van der Waals surface area contributed by atoms with Crippen molar-refractivity contribution in [3.8, 4) is 34.4 Å². The topological polar surface area (TPSA) is 95.2 Å². The Hall–Kier alpha value is -4.33. The van der Waals surface area contributed by atoms with E-state index in [1.165, 1.54) is 25.1 Å². The number of aromatic nitrogens is 2. The molecule has 1 N–H and O–H groups in total. The lowest BCUT2D eigenvalue weighted by Gasteiger charge is -2.17. The number of hydrogen-bond acceptors (Lipinski definition) is 7. The highest BCUT2D eigenvalue weighted by Crippen LogP contribution is 2.37. The van der Waals surface area contributed by atoms with Gasteiger partial charge in [0.05, 0.1) is 38.4 Å². The van der Waals surface area contributed by atoms with Gasteiger partial charge in [0.2, 0.25) is 5.75 Å². The molecular formula is C28H29N3O5. The lowest BCUT2D eigenvalue weighted by Crippen LogP contribution is -2.20. The summed E-state index contributed by atoms with van der Waals surface area (Å²) < 4.78 is 17.4. The molecule has 3 aromatic carbocycles. The highest BCUT2D eigenvalue weighted by Gasteiger charge is 2.18. The maximum atomic E-state index is 13.6. The molecule has 0 unspecified atom stereocenters. The fraction of sp³-hybridized carbons (Fsp3) is 0.250. The summed E-state index contributed by atoms with van der Waals surface area (Å²) in [6, 6.07) is 14.4. The number of ether oxygens (including phenoxy) is 3. The van der Waals surface area contributed by atoms with E-state index in [1.807, 2.05) is 31.2 Å². The van der Waals surface area contributed by atoms with Crippen molar-refractivity contribution in [3.05, 3.63) is 75.6 Å². The summed E-state index contributed by atoms with van der Waals surface area (Å²) in [5.41, 5.74) is 3.53. The second-order valence-corrected chi connectivity index (χ2v) is 8.65. The molecule has 0 saturated carbocycles. The number of aryl methyl sites for hydroxylation is 1. The molecule has 4 rings (SSSR count). The number of methoxy groups -OCH3 is 3. The minimum absolute atomic E-state index is 0.113. The lowest BCUT2D eigenvalue weighted by molar-refractivity contribution is 0.340. The van der Waals surface area contributed by atoms with E-state index >= 15 is 0 Å². The zero-order valence-corrected chi connectivity index (χ0v) is 21.2. The second-order valence-electron chi connectivity index (χ2n) is 8.65. The van der Waals surface area contributed by atoms with E-state index in [0.29, 0.717) is 22.3 Å². The van der Waals surface area contributed by atoms with Crippen LogP contribution < -0.4 is 19.8 Å². The first-order valence-electron chi connectivity index (χ1n) is 11.5. The predicted octanol–water partition coefficient (Wildman–Crippen LogP) is 5.11. The molecule has 8 nitrogen and oxygen atoms in total. The quantitative estimate of drug-likeness (QED) is 0.364. The molecular weight excluding hydrogens is 458 g/mol. The SMILES string of the molecule is COc1cc(C)c(-c2nc3ccccc3c(=O)n2N=Cc2cc(OC)c(O)c(OC)c2)cc1C(C)C. The Bertz CT molecular complexity index is 1500.